The molecule has 0 bridgehead atoms. The first-order valence-corrected chi connectivity index (χ1v) is 4.46. The molecule has 4 heteroatoms. The highest BCUT2D eigenvalue weighted by atomic mass is 16.6. The molecular weight excluding hydrogens is 182 g/mol. The molecule has 1 aromatic carbocycles. The summed E-state index contributed by atoms with van der Waals surface area (Å²) in [5, 5.41) is 21.1. The molecule has 0 radical (unpaired) electrons. The van der Waals surface area contributed by atoms with E-state index in [0.717, 1.165) is 0 Å². The highest BCUT2D eigenvalue weighted by molar-refractivity contribution is 5.21. The van der Waals surface area contributed by atoms with Crippen molar-refractivity contribution in [2.24, 2.45) is 0 Å². The number of hydrogen-bond donors (Lipinski definition) is 3. The summed E-state index contributed by atoms with van der Waals surface area (Å²) in [6, 6.07) is 8.50. The molecule has 0 aliphatic carbocycles. The van der Waals surface area contributed by atoms with Gasteiger partial charge in [-0.2, -0.15) is 0 Å². The highest BCUT2D eigenvalue weighted by Gasteiger charge is 2.17. The summed E-state index contributed by atoms with van der Waals surface area (Å²) in [6.07, 6.45) is -1.05. The second-order valence-electron chi connectivity index (χ2n) is 2.90. The third kappa shape index (κ3) is 2.99. The van der Waals surface area contributed by atoms with E-state index >= 15 is 0 Å². The zero-order chi connectivity index (χ0) is 10.4. The first kappa shape index (κ1) is 11.0. The van der Waals surface area contributed by atoms with E-state index in [1.54, 1.807) is 19.2 Å². The van der Waals surface area contributed by atoms with Gasteiger partial charge in [-0.15, -0.1) is 0 Å². The molecule has 1 aromatic rings. The fourth-order valence-electron chi connectivity index (χ4n) is 1.04. The molecule has 0 fully saturated rings. The molecule has 0 aliphatic heterocycles. The minimum absolute atomic E-state index is 0.176. The smallest absolute Gasteiger partial charge is 0.215 e. The molecule has 2 atom stereocenters. The van der Waals surface area contributed by atoms with E-state index in [1.165, 1.54) is 0 Å². The van der Waals surface area contributed by atoms with Crippen LogP contribution in [-0.2, 0) is 0 Å². The Bertz CT molecular complexity index is 249. The number of aliphatic hydroxyl groups is 2. The Morgan fingerprint density at radius 1 is 1.36 bits per heavy atom. The summed E-state index contributed by atoms with van der Waals surface area (Å²) < 4.78 is 5.19. The molecule has 0 aliphatic rings. The molecule has 0 saturated heterocycles. The lowest BCUT2D eigenvalue weighted by molar-refractivity contribution is -0.0559. The van der Waals surface area contributed by atoms with Gasteiger partial charge in [-0.05, 0) is 19.2 Å². The summed E-state index contributed by atoms with van der Waals surface area (Å²) in [6.45, 7) is -0.176. The maximum Gasteiger partial charge on any atom is 0.215 e. The standard InChI is InChI=1S/C10H15NO3/c1-11-9(7-12)10(13)14-8-5-3-2-4-6-8/h2-6,9-13H,7H2,1H3. The van der Waals surface area contributed by atoms with Gasteiger partial charge in [0.15, 0.2) is 0 Å². The number of ether oxygens (including phenoxy) is 1. The molecule has 78 valence electrons. The van der Waals surface area contributed by atoms with Gasteiger partial charge in [0.1, 0.15) is 5.75 Å². The van der Waals surface area contributed by atoms with Gasteiger partial charge >= 0.3 is 0 Å². The molecule has 0 spiro atoms. The normalized spacial score (nSPS) is 14.8. The van der Waals surface area contributed by atoms with Crippen LogP contribution in [0, 0.1) is 0 Å². The van der Waals surface area contributed by atoms with Gasteiger partial charge in [-0.1, -0.05) is 18.2 Å². The Kier molecular flexibility index (Phi) is 4.39. The van der Waals surface area contributed by atoms with E-state index in [1.807, 2.05) is 18.2 Å². The summed E-state index contributed by atoms with van der Waals surface area (Å²) in [7, 11) is 1.65. The lowest BCUT2D eigenvalue weighted by Crippen LogP contribution is -2.43. The zero-order valence-electron chi connectivity index (χ0n) is 8.05. The van der Waals surface area contributed by atoms with Crippen LogP contribution in [0.4, 0.5) is 0 Å². The van der Waals surface area contributed by atoms with Crippen LogP contribution in [0.5, 0.6) is 5.75 Å². The topological polar surface area (TPSA) is 61.7 Å². The molecule has 0 saturated carbocycles. The Morgan fingerprint density at radius 3 is 2.50 bits per heavy atom. The highest BCUT2D eigenvalue weighted by Crippen LogP contribution is 2.11. The largest absolute Gasteiger partial charge is 0.463 e. The third-order valence-corrected chi connectivity index (χ3v) is 1.91. The number of rotatable bonds is 5. The third-order valence-electron chi connectivity index (χ3n) is 1.91. The van der Waals surface area contributed by atoms with Crippen LogP contribution in [0.1, 0.15) is 0 Å². The predicted octanol–water partition coefficient (Wildman–Crippen LogP) is -0.0359. The first-order valence-electron chi connectivity index (χ1n) is 4.46. The molecule has 2 unspecified atom stereocenters. The summed E-state index contributed by atoms with van der Waals surface area (Å²) in [4.78, 5) is 0. The number of benzene rings is 1. The molecule has 0 aromatic heterocycles. The Labute approximate surface area is 83.1 Å². The van der Waals surface area contributed by atoms with Gasteiger partial charge in [0.25, 0.3) is 0 Å². The fourth-order valence-corrected chi connectivity index (χ4v) is 1.04. The van der Waals surface area contributed by atoms with Crippen molar-refractivity contribution < 1.29 is 14.9 Å². The predicted molar refractivity (Wildman–Crippen MR) is 53.0 cm³/mol. The van der Waals surface area contributed by atoms with Crippen LogP contribution >= 0.6 is 0 Å². The number of hydrogen-bond acceptors (Lipinski definition) is 4. The van der Waals surface area contributed by atoms with Crippen molar-refractivity contribution >= 4 is 0 Å². The quantitative estimate of drug-likeness (QED) is 0.580. The second kappa shape index (κ2) is 5.59. The molecule has 1 rings (SSSR count). The van der Waals surface area contributed by atoms with Crippen LogP contribution in [0.25, 0.3) is 0 Å². The van der Waals surface area contributed by atoms with Gasteiger partial charge in [-0.3, -0.25) is 0 Å². The van der Waals surface area contributed by atoms with Crippen molar-refractivity contribution in [3.63, 3.8) is 0 Å². The number of likely N-dealkylation sites (N-methyl/N-ethyl adjacent to an activating group) is 1. The number of nitrogens with one attached hydrogen (secondary N) is 1. The maximum atomic E-state index is 9.52. The molecule has 4 nitrogen and oxygen atoms in total. The van der Waals surface area contributed by atoms with Crippen LogP contribution < -0.4 is 10.1 Å². The lowest BCUT2D eigenvalue weighted by atomic mass is 10.3. The molecular formula is C10H15NO3. The summed E-state index contributed by atoms with van der Waals surface area (Å²) in [5.41, 5.74) is 0. The van der Waals surface area contributed by atoms with Gasteiger partial charge in [-0.25, -0.2) is 0 Å². The SMILES string of the molecule is CNC(CO)C(O)Oc1ccccc1. The van der Waals surface area contributed by atoms with Gasteiger partial charge < -0.3 is 20.3 Å². The van der Waals surface area contributed by atoms with Crippen LogP contribution in [0.2, 0.25) is 0 Å². The summed E-state index contributed by atoms with van der Waals surface area (Å²) in [5.74, 6) is 0.578. The molecule has 14 heavy (non-hydrogen) atoms. The van der Waals surface area contributed by atoms with Crippen molar-refractivity contribution in [3.05, 3.63) is 30.3 Å². The second-order valence-corrected chi connectivity index (χ2v) is 2.90. The van der Waals surface area contributed by atoms with Crippen LogP contribution in [0.3, 0.4) is 0 Å². The van der Waals surface area contributed by atoms with Gasteiger partial charge in [0.2, 0.25) is 6.29 Å². The molecule has 3 N–H and O–H groups in total. The zero-order valence-corrected chi connectivity index (χ0v) is 8.05. The lowest BCUT2D eigenvalue weighted by Gasteiger charge is -2.21. The Hall–Kier alpha value is -1.10. The molecule has 0 heterocycles. The maximum absolute atomic E-state index is 9.52. The van der Waals surface area contributed by atoms with Crippen molar-refractivity contribution in [2.45, 2.75) is 12.3 Å². The van der Waals surface area contributed by atoms with E-state index in [9.17, 15) is 5.11 Å². The van der Waals surface area contributed by atoms with Crippen molar-refractivity contribution in [2.75, 3.05) is 13.7 Å². The minimum atomic E-state index is -1.05. The van der Waals surface area contributed by atoms with Crippen molar-refractivity contribution in [3.8, 4) is 5.75 Å². The Balaban J connectivity index is 2.52. The van der Waals surface area contributed by atoms with Gasteiger partial charge in [0, 0.05) is 0 Å². The van der Waals surface area contributed by atoms with E-state index in [-0.39, 0.29) is 6.61 Å². The fraction of sp³-hybridized carbons (Fsp3) is 0.400. The summed E-state index contributed by atoms with van der Waals surface area (Å²) >= 11 is 0. The van der Waals surface area contributed by atoms with Gasteiger partial charge in [0.05, 0.1) is 12.6 Å². The number of aliphatic hydroxyl groups excluding tert-OH is 2. The van der Waals surface area contributed by atoms with Crippen LogP contribution in [-0.4, -0.2) is 36.2 Å². The van der Waals surface area contributed by atoms with Crippen molar-refractivity contribution in [1.82, 2.24) is 5.32 Å². The Morgan fingerprint density at radius 2 is 2.00 bits per heavy atom. The number of para-hydroxylation sites is 1. The monoisotopic (exact) mass is 197 g/mol. The van der Waals surface area contributed by atoms with Crippen LogP contribution in [0.15, 0.2) is 30.3 Å². The minimum Gasteiger partial charge on any atom is -0.463 e. The van der Waals surface area contributed by atoms with Crippen molar-refractivity contribution in [1.29, 1.82) is 0 Å². The average Bonchev–Trinajstić information content (AvgIpc) is 2.21. The van der Waals surface area contributed by atoms with E-state index in [2.05, 4.69) is 5.32 Å². The van der Waals surface area contributed by atoms with E-state index in [4.69, 9.17) is 9.84 Å². The average molecular weight is 197 g/mol. The van der Waals surface area contributed by atoms with E-state index < -0.39 is 12.3 Å². The first-order chi connectivity index (χ1) is 6.77. The van der Waals surface area contributed by atoms with E-state index in [0.29, 0.717) is 5.75 Å². The molecule has 0 amide bonds.